The molecular weight excluding hydrogens is 691 g/mol. The van der Waals surface area contributed by atoms with E-state index in [2.05, 4.69) is 10.1 Å². The van der Waals surface area contributed by atoms with Crippen LogP contribution in [0.15, 0.2) is 113 Å². The third kappa shape index (κ3) is 7.49. The van der Waals surface area contributed by atoms with Crippen LogP contribution >= 0.6 is 0 Å². The Hall–Kier alpha value is -6.01. The van der Waals surface area contributed by atoms with E-state index in [1.54, 1.807) is 80.7 Å². The molecule has 0 bridgehead atoms. The van der Waals surface area contributed by atoms with Gasteiger partial charge in [0.15, 0.2) is 5.76 Å². The SMILES string of the molecule is Cc1cc(C)cc(C(=O)N(C)[C@@H](Cc2ccc(-c3ccno3)cc2)C(=O)N([C@@H](Cc2c[nH]c3ccccc23)C(N)=O)S(=O)(=O)c2c(C)cccc2C)c1. The number of carbonyl (C=O) groups is 3. The highest BCUT2D eigenvalue weighted by Crippen LogP contribution is 2.30. The van der Waals surface area contributed by atoms with Crippen molar-refractivity contribution in [1.82, 2.24) is 19.3 Å². The third-order valence-electron chi connectivity index (χ3n) is 9.49. The van der Waals surface area contributed by atoms with Crippen molar-refractivity contribution in [3.63, 3.8) is 0 Å². The van der Waals surface area contributed by atoms with Crippen LogP contribution < -0.4 is 5.73 Å². The van der Waals surface area contributed by atoms with Gasteiger partial charge in [-0.25, -0.2) is 12.7 Å². The predicted octanol–water partition coefficient (Wildman–Crippen LogP) is 6.05. The number of aromatic amines is 1. The second-order valence-electron chi connectivity index (χ2n) is 13.4. The number of likely N-dealkylation sites (N-methyl/N-ethyl adjacent to an activating group) is 1. The molecule has 4 aromatic carbocycles. The summed E-state index contributed by atoms with van der Waals surface area (Å²) in [5, 5.41) is 4.51. The first kappa shape index (κ1) is 36.8. The van der Waals surface area contributed by atoms with Crippen molar-refractivity contribution < 1.29 is 27.3 Å². The molecular formula is C41H41N5O6S. The van der Waals surface area contributed by atoms with Crippen LogP contribution in [0.25, 0.3) is 22.2 Å². The maximum Gasteiger partial charge on any atom is 0.267 e. The molecule has 6 aromatic rings. The predicted molar refractivity (Wildman–Crippen MR) is 202 cm³/mol. The Balaban J connectivity index is 1.51. The van der Waals surface area contributed by atoms with Crippen molar-refractivity contribution >= 4 is 38.6 Å². The van der Waals surface area contributed by atoms with E-state index in [0.717, 1.165) is 27.6 Å². The lowest BCUT2D eigenvalue weighted by atomic mass is 9.99. The van der Waals surface area contributed by atoms with E-state index in [1.165, 1.54) is 18.1 Å². The first-order valence-corrected chi connectivity index (χ1v) is 18.5. The zero-order chi connectivity index (χ0) is 38.0. The smallest absolute Gasteiger partial charge is 0.267 e. The van der Waals surface area contributed by atoms with E-state index in [1.807, 2.05) is 44.2 Å². The number of primary amides is 1. The molecule has 2 atom stereocenters. The van der Waals surface area contributed by atoms with Crippen molar-refractivity contribution in [2.24, 2.45) is 5.73 Å². The molecule has 2 aromatic heterocycles. The fourth-order valence-electron chi connectivity index (χ4n) is 6.92. The fourth-order valence-corrected chi connectivity index (χ4v) is 8.94. The number of para-hydroxylation sites is 1. The number of aryl methyl sites for hydroxylation is 4. The summed E-state index contributed by atoms with van der Waals surface area (Å²) in [6.45, 7) is 6.99. The van der Waals surface area contributed by atoms with E-state index in [0.29, 0.717) is 37.9 Å². The maximum atomic E-state index is 15.3. The van der Waals surface area contributed by atoms with Crippen LogP contribution in [0, 0.1) is 27.7 Å². The number of sulfonamides is 1. The number of hydrogen-bond acceptors (Lipinski definition) is 7. The second kappa shape index (κ2) is 14.9. The van der Waals surface area contributed by atoms with Gasteiger partial charge in [-0.1, -0.05) is 83.0 Å². The minimum atomic E-state index is -4.76. The maximum absolute atomic E-state index is 15.3. The van der Waals surface area contributed by atoms with E-state index >= 15 is 13.2 Å². The summed E-state index contributed by atoms with van der Waals surface area (Å²) in [6, 6.07) is 23.5. The Bertz CT molecular complexity index is 2380. The molecule has 272 valence electrons. The Morgan fingerprint density at radius 2 is 1.49 bits per heavy atom. The molecule has 3 N–H and O–H groups in total. The Labute approximate surface area is 308 Å². The lowest BCUT2D eigenvalue weighted by Crippen LogP contribution is -2.58. The molecule has 0 fully saturated rings. The average Bonchev–Trinajstić information content (AvgIpc) is 3.80. The molecule has 0 spiro atoms. The summed E-state index contributed by atoms with van der Waals surface area (Å²) in [5.74, 6) is -1.95. The third-order valence-corrected chi connectivity index (χ3v) is 11.6. The van der Waals surface area contributed by atoms with Crippen LogP contribution in [0.2, 0.25) is 0 Å². The van der Waals surface area contributed by atoms with Crippen LogP contribution in [0.3, 0.4) is 0 Å². The van der Waals surface area contributed by atoms with Crippen LogP contribution in [0.4, 0.5) is 0 Å². The highest BCUT2D eigenvalue weighted by atomic mass is 32.2. The van der Waals surface area contributed by atoms with Gasteiger partial charge >= 0.3 is 0 Å². The molecule has 2 heterocycles. The molecule has 3 amide bonds. The molecule has 6 rings (SSSR count). The number of hydrogen-bond donors (Lipinski definition) is 2. The Morgan fingerprint density at radius 1 is 0.830 bits per heavy atom. The van der Waals surface area contributed by atoms with Crippen LogP contribution in [-0.4, -0.2) is 64.6 Å². The number of nitrogens with two attached hydrogens (primary N) is 1. The van der Waals surface area contributed by atoms with Gasteiger partial charge in [-0.15, -0.1) is 0 Å². The van der Waals surface area contributed by atoms with E-state index in [4.69, 9.17) is 10.3 Å². The molecule has 0 unspecified atom stereocenters. The fraction of sp³-hybridized carbons (Fsp3) is 0.220. The van der Waals surface area contributed by atoms with Gasteiger partial charge in [0.05, 0.1) is 11.1 Å². The quantitative estimate of drug-likeness (QED) is 0.155. The first-order chi connectivity index (χ1) is 25.3. The number of rotatable bonds is 12. The summed E-state index contributed by atoms with van der Waals surface area (Å²) in [6.07, 6.45) is 2.92. The largest absolute Gasteiger partial charge is 0.368 e. The lowest BCUT2D eigenvalue weighted by molar-refractivity contribution is -0.137. The number of H-pyrrole nitrogens is 1. The van der Waals surface area contributed by atoms with Gasteiger partial charge in [0.25, 0.3) is 21.8 Å². The monoisotopic (exact) mass is 731 g/mol. The summed E-state index contributed by atoms with van der Waals surface area (Å²) < 4.78 is 35.9. The lowest BCUT2D eigenvalue weighted by Gasteiger charge is -2.36. The molecule has 0 saturated heterocycles. The molecule has 53 heavy (non-hydrogen) atoms. The van der Waals surface area contributed by atoms with E-state index < -0.39 is 39.8 Å². The van der Waals surface area contributed by atoms with Gasteiger partial charge in [-0.05, 0) is 68.1 Å². The topological polar surface area (TPSA) is 160 Å². The highest BCUT2D eigenvalue weighted by Gasteiger charge is 2.45. The number of benzene rings is 4. The number of nitrogens with zero attached hydrogens (tertiary/aromatic N) is 3. The normalized spacial score (nSPS) is 12.7. The summed E-state index contributed by atoms with van der Waals surface area (Å²) in [4.78, 5) is 47.4. The van der Waals surface area contributed by atoms with E-state index in [9.17, 15) is 9.59 Å². The summed E-state index contributed by atoms with van der Waals surface area (Å²) in [5.41, 5.74) is 11.6. The second-order valence-corrected chi connectivity index (χ2v) is 15.2. The standard InChI is InChI=1S/C41H41N5O6S/c1-25-19-26(2)21-31(20-25)40(48)45(5)36(22-29-13-15-30(16-14-29)37-17-18-44-52-37)41(49)46(53(50,51)38-27(3)9-8-10-28(38)4)35(39(42)47)23-32-24-43-34-12-7-6-11-33(32)34/h6-21,24,35-36,43H,22-23H2,1-5H3,(H2,42,47)/t35-,36-/m0/s1. The van der Waals surface area contributed by atoms with Gasteiger partial charge in [-0.2, -0.15) is 0 Å². The molecule has 0 saturated carbocycles. The van der Waals surface area contributed by atoms with Crippen molar-refractivity contribution in [3.05, 3.63) is 142 Å². The van der Waals surface area contributed by atoms with Crippen molar-refractivity contribution in [2.75, 3.05) is 7.05 Å². The van der Waals surface area contributed by atoms with Gasteiger partial charge in [-0.3, -0.25) is 14.4 Å². The molecule has 0 radical (unpaired) electrons. The first-order valence-electron chi connectivity index (χ1n) is 17.1. The summed E-state index contributed by atoms with van der Waals surface area (Å²) in [7, 11) is -3.29. The number of fused-ring (bicyclic) bond motifs is 1. The zero-order valence-electron chi connectivity index (χ0n) is 30.2. The van der Waals surface area contributed by atoms with Gasteiger partial charge in [0, 0.05) is 54.2 Å². The van der Waals surface area contributed by atoms with Gasteiger partial charge < -0.3 is 20.1 Å². The van der Waals surface area contributed by atoms with Crippen molar-refractivity contribution in [1.29, 1.82) is 0 Å². The Kier molecular flexibility index (Phi) is 10.4. The van der Waals surface area contributed by atoms with Crippen molar-refractivity contribution in [3.8, 4) is 11.3 Å². The molecule has 11 nitrogen and oxygen atoms in total. The highest BCUT2D eigenvalue weighted by molar-refractivity contribution is 7.89. The molecule has 0 aliphatic heterocycles. The van der Waals surface area contributed by atoms with Crippen LogP contribution in [-0.2, 0) is 32.5 Å². The molecule has 12 heteroatoms. The van der Waals surface area contributed by atoms with Crippen molar-refractivity contribution in [2.45, 2.75) is 57.5 Å². The minimum Gasteiger partial charge on any atom is -0.368 e. The van der Waals surface area contributed by atoms with Crippen LogP contribution in [0.1, 0.15) is 43.7 Å². The van der Waals surface area contributed by atoms with Gasteiger partial charge in [0.2, 0.25) is 5.91 Å². The number of aromatic nitrogens is 2. The zero-order valence-corrected chi connectivity index (χ0v) is 31.0. The van der Waals surface area contributed by atoms with Gasteiger partial charge in [0.1, 0.15) is 12.1 Å². The number of nitrogens with one attached hydrogen (secondary N) is 1. The van der Waals surface area contributed by atoms with Crippen LogP contribution in [0.5, 0.6) is 0 Å². The molecule has 0 aliphatic rings. The average molecular weight is 732 g/mol. The summed E-state index contributed by atoms with van der Waals surface area (Å²) >= 11 is 0. The van der Waals surface area contributed by atoms with E-state index in [-0.39, 0.29) is 17.7 Å². The Morgan fingerprint density at radius 3 is 2.11 bits per heavy atom. The number of amides is 3. The number of carbonyl (C=O) groups excluding carboxylic acids is 3. The minimum absolute atomic E-state index is 0.0834. The molecule has 0 aliphatic carbocycles.